The van der Waals surface area contributed by atoms with Gasteiger partial charge in [-0.2, -0.15) is 0 Å². The van der Waals surface area contributed by atoms with E-state index in [1.807, 2.05) is 0 Å². The molecule has 0 bridgehead atoms. The first kappa shape index (κ1) is 16.8. The molecule has 7 heteroatoms. The number of methoxy groups -OCH3 is 3. The lowest BCUT2D eigenvalue weighted by Gasteiger charge is -2.09. The fourth-order valence-corrected chi connectivity index (χ4v) is 1.48. The Kier molecular flexibility index (Phi) is 7.03. The molecule has 1 amide bonds. The molecule has 0 unspecified atom stereocenters. The first-order valence-corrected chi connectivity index (χ1v) is 6.26. The Bertz CT molecular complexity index is 466. The molecule has 1 aromatic rings. The van der Waals surface area contributed by atoms with Crippen molar-refractivity contribution in [3.63, 3.8) is 0 Å². The minimum Gasteiger partial charge on any atom is -0.497 e. The minimum atomic E-state index is -0.630. The van der Waals surface area contributed by atoms with Crippen molar-refractivity contribution in [2.24, 2.45) is 0 Å². The van der Waals surface area contributed by atoms with Gasteiger partial charge in [-0.05, 0) is 12.1 Å². The predicted octanol–water partition coefficient (Wildman–Crippen LogP) is 0.623. The van der Waals surface area contributed by atoms with Crippen molar-refractivity contribution in [1.82, 2.24) is 5.32 Å². The summed E-state index contributed by atoms with van der Waals surface area (Å²) in [6, 6.07) is 4.65. The van der Waals surface area contributed by atoms with E-state index in [1.165, 1.54) is 33.5 Å². The lowest BCUT2D eigenvalue weighted by molar-refractivity contribution is -0.124. The molecule has 1 aromatic carbocycles. The van der Waals surface area contributed by atoms with Crippen LogP contribution in [-0.2, 0) is 14.3 Å². The third-order valence-corrected chi connectivity index (χ3v) is 2.55. The zero-order chi connectivity index (χ0) is 15.7. The predicted molar refractivity (Wildman–Crippen MR) is 74.7 cm³/mol. The van der Waals surface area contributed by atoms with Crippen LogP contribution >= 0.6 is 0 Å². The molecule has 0 saturated heterocycles. The van der Waals surface area contributed by atoms with Crippen LogP contribution in [0.4, 0.5) is 0 Å². The maximum Gasteiger partial charge on any atom is 0.338 e. The highest BCUT2D eigenvalue weighted by atomic mass is 16.5. The number of nitrogens with one attached hydrogen (secondary N) is 1. The summed E-state index contributed by atoms with van der Waals surface area (Å²) in [5.41, 5.74) is 0.246. The second-order valence-electron chi connectivity index (χ2n) is 4.02. The van der Waals surface area contributed by atoms with Gasteiger partial charge in [0.05, 0.1) is 26.4 Å². The van der Waals surface area contributed by atoms with Crippen molar-refractivity contribution in [3.05, 3.63) is 23.8 Å². The molecule has 0 aliphatic heterocycles. The van der Waals surface area contributed by atoms with Crippen molar-refractivity contribution < 1.29 is 28.5 Å². The summed E-state index contributed by atoms with van der Waals surface area (Å²) in [5, 5.41) is 2.54. The van der Waals surface area contributed by atoms with Crippen LogP contribution in [-0.4, -0.2) is 53.0 Å². The van der Waals surface area contributed by atoms with Gasteiger partial charge in [0.2, 0.25) is 0 Å². The van der Waals surface area contributed by atoms with Crippen LogP contribution in [0.5, 0.6) is 11.5 Å². The first-order chi connectivity index (χ1) is 10.1. The molecule has 1 N–H and O–H groups in total. The Morgan fingerprint density at radius 1 is 1.05 bits per heavy atom. The molecule has 7 nitrogen and oxygen atoms in total. The van der Waals surface area contributed by atoms with Crippen molar-refractivity contribution in [1.29, 1.82) is 0 Å². The number of carbonyl (C=O) groups excluding carboxylic acids is 2. The molecule has 0 aliphatic carbocycles. The summed E-state index contributed by atoms with van der Waals surface area (Å²) in [7, 11) is 4.49. The van der Waals surface area contributed by atoms with Gasteiger partial charge in [-0.15, -0.1) is 0 Å². The average Bonchev–Trinajstić information content (AvgIpc) is 2.52. The van der Waals surface area contributed by atoms with Gasteiger partial charge in [0.1, 0.15) is 11.5 Å². The van der Waals surface area contributed by atoms with E-state index in [9.17, 15) is 9.59 Å². The molecule has 0 fully saturated rings. The fourth-order valence-electron chi connectivity index (χ4n) is 1.48. The van der Waals surface area contributed by atoms with Crippen molar-refractivity contribution in [2.75, 3.05) is 41.1 Å². The Balaban J connectivity index is 2.57. The van der Waals surface area contributed by atoms with Crippen molar-refractivity contribution in [2.45, 2.75) is 0 Å². The summed E-state index contributed by atoms with van der Waals surface area (Å²) >= 11 is 0. The van der Waals surface area contributed by atoms with Gasteiger partial charge in [0.15, 0.2) is 6.61 Å². The molecule has 0 spiro atoms. The molecule has 0 atom stereocenters. The van der Waals surface area contributed by atoms with Crippen LogP contribution in [0.15, 0.2) is 18.2 Å². The summed E-state index contributed by atoms with van der Waals surface area (Å²) < 4.78 is 19.8. The quantitative estimate of drug-likeness (QED) is 0.559. The number of amides is 1. The van der Waals surface area contributed by atoms with Gasteiger partial charge in [-0.3, -0.25) is 4.79 Å². The maximum absolute atomic E-state index is 11.9. The van der Waals surface area contributed by atoms with E-state index in [2.05, 4.69) is 5.32 Å². The van der Waals surface area contributed by atoms with Crippen molar-refractivity contribution >= 4 is 11.9 Å². The van der Waals surface area contributed by atoms with E-state index in [4.69, 9.17) is 18.9 Å². The number of benzene rings is 1. The molecular formula is C14H19NO6. The summed E-state index contributed by atoms with van der Waals surface area (Å²) in [6.45, 7) is 0.398. The fraction of sp³-hybridized carbons (Fsp3) is 0.429. The second kappa shape index (κ2) is 8.80. The topological polar surface area (TPSA) is 83.1 Å². The van der Waals surface area contributed by atoms with Gasteiger partial charge in [0.25, 0.3) is 5.91 Å². The highest BCUT2D eigenvalue weighted by Crippen LogP contribution is 2.22. The van der Waals surface area contributed by atoms with Crippen molar-refractivity contribution in [3.8, 4) is 11.5 Å². The van der Waals surface area contributed by atoms with E-state index in [1.54, 1.807) is 6.07 Å². The number of rotatable bonds is 8. The molecule has 0 saturated carbocycles. The number of carbonyl (C=O) groups is 2. The summed E-state index contributed by atoms with van der Waals surface area (Å²) in [6.07, 6.45) is 0. The SMILES string of the molecule is COCCNC(=O)COC(=O)c1cc(OC)cc(OC)c1. The van der Waals surface area contributed by atoms with Crippen LogP contribution in [0, 0.1) is 0 Å². The highest BCUT2D eigenvalue weighted by molar-refractivity contribution is 5.92. The van der Waals surface area contributed by atoms with Gasteiger partial charge < -0.3 is 24.3 Å². The van der Waals surface area contributed by atoms with Crippen LogP contribution in [0.2, 0.25) is 0 Å². The standard InChI is InChI=1S/C14H19NO6/c1-18-5-4-15-13(16)9-21-14(17)10-6-11(19-2)8-12(7-10)20-3/h6-8H,4-5,9H2,1-3H3,(H,15,16). The van der Waals surface area contributed by atoms with Gasteiger partial charge in [0, 0.05) is 19.7 Å². The molecule has 0 heterocycles. The molecule has 0 aromatic heterocycles. The summed E-state index contributed by atoms with van der Waals surface area (Å²) in [5.74, 6) is -0.0963. The molecule has 116 valence electrons. The lowest BCUT2D eigenvalue weighted by Crippen LogP contribution is -2.31. The highest BCUT2D eigenvalue weighted by Gasteiger charge is 2.13. The largest absolute Gasteiger partial charge is 0.497 e. The zero-order valence-corrected chi connectivity index (χ0v) is 12.3. The van der Waals surface area contributed by atoms with Crippen LogP contribution < -0.4 is 14.8 Å². The van der Waals surface area contributed by atoms with E-state index in [0.717, 1.165) is 0 Å². The molecule has 21 heavy (non-hydrogen) atoms. The maximum atomic E-state index is 11.9. The van der Waals surface area contributed by atoms with Gasteiger partial charge in [-0.25, -0.2) is 4.79 Å². The lowest BCUT2D eigenvalue weighted by atomic mass is 10.2. The van der Waals surface area contributed by atoms with Crippen LogP contribution in [0.3, 0.4) is 0 Å². The third kappa shape index (κ3) is 5.70. The van der Waals surface area contributed by atoms with E-state index in [-0.39, 0.29) is 12.2 Å². The normalized spacial score (nSPS) is 9.86. The zero-order valence-electron chi connectivity index (χ0n) is 12.3. The minimum absolute atomic E-state index is 0.246. The Morgan fingerprint density at radius 3 is 2.19 bits per heavy atom. The summed E-state index contributed by atoms with van der Waals surface area (Å²) in [4.78, 5) is 23.3. The van der Waals surface area contributed by atoms with Gasteiger partial charge in [-0.1, -0.05) is 0 Å². The second-order valence-corrected chi connectivity index (χ2v) is 4.02. The molecule has 0 radical (unpaired) electrons. The Morgan fingerprint density at radius 2 is 1.67 bits per heavy atom. The van der Waals surface area contributed by atoms with Gasteiger partial charge >= 0.3 is 5.97 Å². The van der Waals surface area contributed by atoms with E-state index < -0.39 is 11.9 Å². The first-order valence-electron chi connectivity index (χ1n) is 6.26. The number of hydrogen-bond acceptors (Lipinski definition) is 6. The molecular weight excluding hydrogens is 278 g/mol. The van der Waals surface area contributed by atoms with E-state index in [0.29, 0.717) is 24.7 Å². The third-order valence-electron chi connectivity index (χ3n) is 2.55. The van der Waals surface area contributed by atoms with E-state index >= 15 is 0 Å². The smallest absolute Gasteiger partial charge is 0.338 e. The number of hydrogen-bond donors (Lipinski definition) is 1. The molecule has 1 rings (SSSR count). The Labute approximate surface area is 123 Å². The Hall–Kier alpha value is -2.28. The number of ether oxygens (including phenoxy) is 4. The van der Waals surface area contributed by atoms with Crippen LogP contribution in [0.25, 0.3) is 0 Å². The average molecular weight is 297 g/mol. The molecule has 0 aliphatic rings. The number of esters is 1. The van der Waals surface area contributed by atoms with Crippen LogP contribution in [0.1, 0.15) is 10.4 Å². The monoisotopic (exact) mass is 297 g/mol.